The third-order valence-electron chi connectivity index (χ3n) is 5.34. The van der Waals surface area contributed by atoms with Crippen molar-refractivity contribution in [1.82, 2.24) is 26.1 Å². The van der Waals surface area contributed by atoms with Crippen LogP contribution < -0.4 is 16.2 Å². The van der Waals surface area contributed by atoms with E-state index >= 15 is 0 Å². The molecule has 3 heterocycles. The average Bonchev–Trinajstić information content (AvgIpc) is 3.34. The normalized spacial score (nSPS) is 29.4. The Morgan fingerprint density at radius 2 is 1.96 bits per heavy atom. The van der Waals surface area contributed by atoms with E-state index in [1.54, 1.807) is 12.4 Å². The second kappa shape index (κ2) is 7.09. The molecular formula is C18H25N5O2. The standard InChI is InChI=1S/C18H25N5O2/c24-17(20-14-3-4-14)13-2-1-9-23(11-13)18(25)16-10-15(21-22-16)12-5-7-19-8-6-12/h5-8,13-16,21-22H,1-4,9-11H2,(H,20,24). The van der Waals surface area contributed by atoms with Crippen molar-refractivity contribution in [2.24, 2.45) is 5.92 Å². The van der Waals surface area contributed by atoms with Gasteiger partial charge in [0.05, 0.1) is 5.92 Å². The molecule has 0 spiro atoms. The fourth-order valence-electron chi connectivity index (χ4n) is 3.69. The van der Waals surface area contributed by atoms with Crippen molar-refractivity contribution < 1.29 is 9.59 Å². The molecular weight excluding hydrogens is 318 g/mol. The minimum atomic E-state index is -0.247. The molecule has 7 nitrogen and oxygen atoms in total. The zero-order valence-electron chi connectivity index (χ0n) is 14.3. The molecule has 1 aromatic heterocycles. The van der Waals surface area contributed by atoms with E-state index in [1.807, 2.05) is 17.0 Å². The van der Waals surface area contributed by atoms with Crippen LogP contribution in [0.25, 0.3) is 0 Å². The van der Waals surface area contributed by atoms with Gasteiger partial charge >= 0.3 is 0 Å². The molecule has 3 fully saturated rings. The summed E-state index contributed by atoms with van der Waals surface area (Å²) in [4.78, 5) is 31.0. The van der Waals surface area contributed by atoms with Crippen molar-refractivity contribution in [2.45, 2.75) is 50.2 Å². The van der Waals surface area contributed by atoms with Crippen molar-refractivity contribution in [3.63, 3.8) is 0 Å². The lowest BCUT2D eigenvalue weighted by Crippen LogP contribution is -2.51. The fraction of sp³-hybridized carbons (Fsp3) is 0.611. The van der Waals surface area contributed by atoms with Gasteiger partial charge in [0.2, 0.25) is 11.8 Å². The Kier molecular flexibility index (Phi) is 4.67. The van der Waals surface area contributed by atoms with E-state index in [1.165, 1.54) is 0 Å². The maximum atomic E-state index is 12.9. The van der Waals surface area contributed by atoms with Gasteiger partial charge < -0.3 is 10.2 Å². The fourth-order valence-corrected chi connectivity index (χ4v) is 3.69. The smallest absolute Gasteiger partial charge is 0.241 e. The first-order chi connectivity index (χ1) is 12.2. The second-order valence-corrected chi connectivity index (χ2v) is 7.32. The SMILES string of the molecule is O=C(NC1CC1)C1CCCN(C(=O)C2CC(c3ccncc3)NN2)C1. The molecule has 0 bridgehead atoms. The lowest BCUT2D eigenvalue weighted by molar-refractivity contribution is -0.137. The zero-order chi connectivity index (χ0) is 17.2. The summed E-state index contributed by atoms with van der Waals surface area (Å²) >= 11 is 0. The number of hydrazine groups is 1. The lowest BCUT2D eigenvalue weighted by atomic mass is 9.95. The summed E-state index contributed by atoms with van der Waals surface area (Å²) in [6.45, 7) is 1.28. The summed E-state index contributed by atoms with van der Waals surface area (Å²) < 4.78 is 0. The lowest BCUT2D eigenvalue weighted by Gasteiger charge is -2.33. The van der Waals surface area contributed by atoms with E-state index in [0.29, 0.717) is 19.0 Å². The van der Waals surface area contributed by atoms with Crippen molar-refractivity contribution >= 4 is 11.8 Å². The van der Waals surface area contributed by atoms with E-state index in [9.17, 15) is 9.59 Å². The maximum Gasteiger partial charge on any atom is 0.241 e. The zero-order valence-corrected chi connectivity index (χ0v) is 14.3. The summed E-state index contributed by atoms with van der Waals surface area (Å²) in [5.74, 6) is 0.142. The first-order valence-electron chi connectivity index (χ1n) is 9.21. The van der Waals surface area contributed by atoms with E-state index < -0.39 is 0 Å². The third-order valence-corrected chi connectivity index (χ3v) is 5.34. The van der Waals surface area contributed by atoms with Gasteiger partial charge in [0, 0.05) is 37.6 Å². The van der Waals surface area contributed by atoms with Crippen molar-refractivity contribution in [2.75, 3.05) is 13.1 Å². The van der Waals surface area contributed by atoms with Gasteiger partial charge in [-0.1, -0.05) is 0 Å². The highest BCUT2D eigenvalue weighted by Crippen LogP contribution is 2.25. The van der Waals surface area contributed by atoms with Crippen LogP contribution in [-0.4, -0.2) is 46.9 Å². The van der Waals surface area contributed by atoms with Crippen LogP contribution >= 0.6 is 0 Å². The number of aromatic nitrogens is 1. The van der Waals surface area contributed by atoms with Crippen molar-refractivity contribution in [3.05, 3.63) is 30.1 Å². The molecule has 0 aromatic carbocycles. The molecule has 0 radical (unpaired) electrons. The summed E-state index contributed by atoms with van der Waals surface area (Å²) in [5.41, 5.74) is 7.46. The Morgan fingerprint density at radius 1 is 1.16 bits per heavy atom. The van der Waals surface area contributed by atoms with Gasteiger partial charge in [-0.3, -0.25) is 14.6 Å². The largest absolute Gasteiger partial charge is 0.353 e. The minimum absolute atomic E-state index is 0.0661. The number of amides is 2. The quantitative estimate of drug-likeness (QED) is 0.741. The predicted octanol–water partition coefficient (Wildman–Crippen LogP) is 0.506. The van der Waals surface area contributed by atoms with Crippen LogP contribution in [0.5, 0.6) is 0 Å². The average molecular weight is 343 g/mol. The van der Waals surface area contributed by atoms with Crippen LogP contribution in [0.2, 0.25) is 0 Å². The van der Waals surface area contributed by atoms with Gasteiger partial charge in [0.25, 0.3) is 0 Å². The molecule has 2 saturated heterocycles. The van der Waals surface area contributed by atoms with Gasteiger partial charge in [0.15, 0.2) is 0 Å². The van der Waals surface area contributed by atoms with Crippen LogP contribution in [0.4, 0.5) is 0 Å². The Morgan fingerprint density at radius 3 is 2.72 bits per heavy atom. The number of carbonyl (C=O) groups excluding carboxylic acids is 2. The Balaban J connectivity index is 1.33. The summed E-state index contributed by atoms with van der Waals surface area (Å²) in [7, 11) is 0. The van der Waals surface area contributed by atoms with Crippen LogP contribution in [0.3, 0.4) is 0 Å². The topological polar surface area (TPSA) is 86.4 Å². The molecule has 2 aliphatic heterocycles. The molecule has 1 saturated carbocycles. The summed E-state index contributed by atoms with van der Waals surface area (Å²) in [6, 6.07) is 4.16. The molecule has 134 valence electrons. The van der Waals surface area contributed by atoms with Gasteiger partial charge in [0.1, 0.15) is 6.04 Å². The van der Waals surface area contributed by atoms with Gasteiger partial charge in [-0.25, -0.2) is 10.9 Å². The summed E-state index contributed by atoms with van der Waals surface area (Å²) in [5, 5.41) is 3.07. The number of nitrogens with one attached hydrogen (secondary N) is 3. The molecule has 3 unspecified atom stereocenters. The van der Waals surface area contributed by atoms with Gasteiger partial charge in [-0.15, -0.1) is 0 Å². The summed E-state index contributed by atoms with van der Waals surface area (Å²) in [6.07, 6.45) is 8.18. The van der Waals surface area contributed by atoms with Crippen LogP contribution in [-0.2, 0) is 9.59 Å². The van der Waals surface area contributed by atoms with E-state index in [4.69, 9.17) is 0 Å². The predicted molar refractivity (Wildman–Crippen MR) is 92.1 cm³/mol. The van der Waals surface area contributed by atoms with Crippen LogP contribution in [0, 0.1) is 5.92 Å². The Bertz CT molecular complexity index is 634. The maximum absolute atomic E-state index is 12.9. The highest BCUT2D eigenvalue weighted by molar-refractivity contribution is 5.84. The molecule has 3 aliphatic rings. The number of pyridine rings is 1. The minimum Gasteiger partial charge on any atom is -0.353 e. The molecule has 1 aliphatic carbocycles. The first-order valence-corrected chi connectivity index (χ1v) is 9.21. The molecule has 3 N–H and O–H groups in total. The van der Waals surface area contributed by atoms with E-state index in [2.05, 4.69) is 21.2 Å². The van der Waals surface area contributed by atoms with E-state index in [-0.39, 0.29) is 29.8 Å². The van der Waals surface area contributed by atoms with Crippen molar-refractivity contribution in [1.29, 1.82) is 0 Å². The van der Waals surface area contributed by atoms with Crippen LogP contribution in [0.15, 0.2) is 24.5 Å². The number of nitrogens with zero attached hydrogens (tertiary/aromatic N) is 2. The molecule has 7 heteroatoms. The van der Waals surface area contributed by atoms with Gasteiger partial charge in [-0.05, 0) is 49.8 Å². The Labute approximate surface area is 147 Å². The molecule has 2 amide bonds. The van der Waals surface area contributed by atoms with Crippen LogP contribution in [0.1, 0.15) is 43.7 Å². The molecule has 25 heavy (non-hydrogen) atoms. The number of piperidine rings is 1. The molecule has 3 atom stereocenters. The van der Waals surface area contributed by atoms with E-state index in [0.717, 1.165) is 37.8 Å². The first kappa shape index (κ1) is 16.5. The highest BCUT2D eigenvalue weighted by atomic mass is 16.2. The second-order valence-electron chi connectivity index (χ2n) is 7.32. The van der Waals surface area contributed by atoms with Gasteiger partial charge in [-0.2, -0.15) is 0 Å². The number of hydrogen-bond acceptors (Lipinski definition) is 5. The van der Waals surface area contributed by atoms with Crippen molar-refractivity contribution in [3.8, 4) is 0 Å². The number of likely N-dealkylation sites (tertiary alicyclic amines) is 1. The molecule has 4 rings (SSSR count). The Hall–Kier alpha value is -1.99. The number of rotatable bonds is 4. The third kappa shape index (κ3) is 3.82. The highest BCUT2D eigenvalue weighted by Gasteiger charge is 2.36. The monoisotopic (exact) mass is 343 g/mol. The number of hydrogen-bond donors (Lipinski definition) is 3. The molecule has 1 aromatic rings. The number of carbonyl (C=O) groups is 2.